The minimum atomic E-state index is -0.155. The average Bonchev–Trinajstić information content (AvgIpc) is 2.95. The van der Waals surface area contributed by atoms with Crippen LogP contribution in [0.15, 0.2) is 33.4 Å². The van der Waals surface area contributed by atoms with Crippen molar-refractivity contribution in [1.82, 2.24) is 10.2 Å². The molecule has 0 saturated carbocycles. The Bertz CT molecular complexity index is 743. The SMILES string of the molecule is CN(CCC(C)(C)CNC(=O)c1cc(Cl)cc(Cl)c1)Cc1cscc1Br. The van der Waals surface area contributed by atoms with Crippen molar-refractivity contribution >= 4 is 56.4 Å². The molecule has 3 nitrogen and oxygen atoms in total. The molecule has 0 aliphatic heterocycles. The van der Waals surface area contributed by atoms with Crippen LogP contribution in [0.25, 0.3) is 0 Å². The van der Waals surface area contributed by atoms with Gasteiger partial charge in [-0.05, 0) is 70.5 Å². The number of carbonyl (C=O) groups excluding carboxylic acids is 1. The maximum Gasteiger partial charge on any atom is 0.251 e. The Morgan fingerprint density at radius 3 is 2.46 bits per heavy atom. The molecule has 142 valence electrons. The first-order chi connectivity index (χ1) is 12.2. The normalized spacial score (nSPS) is 11.8. The Hall–Kier alpha value is -0.590. The molecule has 0 atom stereocenters. The van der Waals surface area contributed by atoms with Gasteiger partial charge in [0.1, 0.15) is 0 Å². The highest BCUT2D eigenvalue weighted by molar-refractivity contribution is 9.10. The number of rotatable bonds is 8. The lowest BCUT2D eigenvalue weighted by atomic mass is 9.89. The number of halogens is 3. The summed E-state index contributed by atoms with van der Waals surface area (Å²) in [4.78, 5) is 14.6. The smallest absolute Gasteiger partial charge is 0.251 e. The van der Waals surface area contributed by atoms with Crippen LogP contribution in [0.1, 0.15) is 36.2 Å². The minimum Gasteiger partial charge on any atom is -0.352 e. The lowest BCUT2D eigenvalue weighted by Gasteiger charge is -2.28. The molecule has 0 fully saturated rings. The molecular weight excluding hydrogens is 455 g/mol. The monoisotopic (exact) mass is 476 g/mol. The van der Waals surface area contributed by atoms with Crippen molar-refractivity contribution < 1.29 is 4.79 Å². The Morgan fingerprint density at radius 1 is 1.23 bits per heavy atom. The number of benzene rings is 1. The van der Waals surface area contributed by atoms with Crippen molar-refractivity contribution in [3.63, 3.8) is 0 Å². The third kappa shape index (κ3) is 6.86. The molecular formula is C19H23BrCl2N2OS. The van der Waals surface area contributed by atoms with Gasteiger partial charge in [0.05, 0.1) is 0 Å². The fraction of sp³-hybridized carbons (Fsp3) is 0.421. The molecule has 0 aliphatic rings. The summed E-state index contributed by atoms with van der Waals surface area (Å²) in [6.07, 6.45) is 0.974. The third-order valence-corrected chi connectivity index (χ3v) is 6.42. The van der Waals surface area contributed by atoms with E-state index in [1.54, 1.807) is 29.5 Å². The predicted octanol–water partition coefficient (Wildman–Crippen LogP) is 6.10. The van der Waals surface area contributed by atoms with E-state index in [4.69, 9.17) is 23.2 Å². The fourth-order valence-corrected chi connectivity index (χ4v) is 4.42. The summed E-state index contributed by atoms with van der Waals surface area (Å²) in [5.41, 5.74) is 1.78. The van der Waals surface area contributed by atoms with Gasteiger partial charge in [-0.25, -0.2) is 0 Å². The Kier molecular flexibility index (Phi) is 7.98. The largest absolute Gasteiger partial charge is 0.352 e. The molecule has 0 spiro atoms. The summed E-state index contributed by atoms with van der Waals surface area (Å²) < 4.78 is 1.17. The summed E-state index contributed by atoms with van der Waals surface area (Å²) in [6, 6.07) is 4.87. The highest BCUT2D eigenvalue weighted by Crippen LogP contribution is 2.24. The van der Waals surface area contributed by atoms with Crippen LogP contribution < -0.4 is 5.32 Å². The summed E-state index contributed by atoms with van der Waals surface area (Å²) >= 11 is 17.2. The van der Waals surface area contributed by atoms with E-state index in [2.05, 4.69) is 57.8 Å². The van der Waals surface area contributed by atoms with Gasteiger partial charge in [-0.1, -0.05) is 37.0 Å². The van der Waals surface area contributed by atoms with Gasteiger partial charge in [-0.15, -0.1) is 0 Å². The first-order valence-electron chi connectivity index (χ1n) is 8.30. The zero-order valence-corrected chi connectivity index (χ0v) is 19.0. The quantitative estimate of drug-likeness (QED) is 0.498. The van der Waals surface area contributed by atoms with E-state index in [0.29, 0.717) is 22.2 Å². The summed E-state index contributed by atoms with van der Waals surface area (Å²) in [6.45, 7) is 6.77. The molecule has 0 saturated heterocycles. The summed E-state index contributed by atoms with van der Waals surface area (Å²) in [5, 5.41) is 8.18. The van der Waals surface area contributed by atoms with Gasteiger partial charge in [0, 0.05) is 38.6 Å². The first-order valence-corrected chi connectivity index (χ1v) is 10.8. The van der Waals surface area contributed by atoms with Crippen LogP contribution in [-0.2, 0) is 6.54 Å². The van der Waals surface area contributed by atoms with E-state index in [1.807, 2.05) is 0 Å². The van der Waals surface area contributed by atoms with Gasteiger partial charge in [0.2, 0.25) is 0 Å². The van der Waals surface area contributed by atoms with E-state index >= 15 is 0 Å². The minimum absolute atomic E-state index is 0.0157. The van der Waals surface area contributed by atoms with E-state index in [1.165, 1.54) is 10.0 Å². The van der Waals surface area contributed by atoms with Crippen LogP contribution in [-0.4, -0.2) is 30.9 Å². The van der Waals surface area contributed by atoms with Gasteiger partial charge in [-0.3, -0.25) is 4.79 Å². The second-order valence-electron chi connectivity index (χ2n) is 7.24. The molecule has 0 radical (unpaired) electrons. The summed E-state index contributed by atoms with van der Waals surface area (Å²) in [5.74, 6) is -0.155. The number of nitrogens with one attached hydrogen (secondary N) is 1. The molecule has 1 aromatic heterocycles. The van der Waals surface area contributed by atoms with Gasteiger partial charge in [0.25, 0.3) is 5.91 Å². The number of thiophene rings is 1. The zero-order valence-electron chi connectivity index (χ0n) is 15.1. The molecule has 2 rings (SSSR count). The number of hydrogen-bond donors (Lipinski definition) is 1. The molecule has 0 bridgehead atoms. The van der Waals surface area contributed by atoms with Gasteiger partial charge in [0.15, 0.2) is 0 Å². The number of hydrogen-bond acceptors (Lipinski definition) is 3. The topological polar surface area (TPSA) is 32.3 Å². The van der Waals surface area contributed by atoms with Crippen molar-refractivity contribution in [2.45, 2.75) is 26.8 Å². The first kappa shape index (κ1) is 21.7. The second kappa shape index (κ2) is 9.56. The van der Waals surface area contributed by atoms with Crippen molar-refractivity contribution in [2.75, 3.05) is 20.1 Å². The van der Waals surface area contributed by atoms with E-state index in [0.717, 1.165) is 19.5 Å². The summed E-state index contributed by atoms with van der Waals surface area (Å²) in [7, 11) is 2.12. The highest BCUT2D eigenvalue weighted by atomic mass is 79.9. The molecule has 1 amide bonds. The lowest BCUT2D eigenvalue weighted by molar-refractivity contribution is 0.0932. The van der Waals surface area contributed by atoms with Gasteiger partial charge < -0.3 is 10.2 Å². The fourth-order valence-electron chi connectivity index (χ4n) is 2.48. The van der Waals surface area contributed by atoms with Crippen molar-refractivity contribution in [1.29, 1.82) is 0 Å². The van der Waals surface area contributed by atoms with Crippen molar-refractivity contribution in [2.24, 2.45) is 5.41 Å². The molecule has 1 aromatic carbocycles. The molecule has 26 heavy (non-hydrogen) atoms. The Balaban J connectivity index is 1.82. The Morgan fingerprint density at radius 2 is 1.88 bits per heavy atom. The molecule has 1 N–H and O–H groups in total. The third-order valence-electron chi connectivity index (χ3n) is 4.15. The van der Waals surface area contributed by atoms with Crippen LogP contribution in [0.5, 0.6) is 0 Å². The van der Waals surface area contributed by atoms with Crippen LogP contribution in [0.3, 0.4) is 0 Å². The van der Waals surface area contributed by atoms with Crippen molar-refractivity contribution in [3.8, 4) is 0 Å². The van der Waals surface area contributed by atoms with E-state index < -0.39 is 0 Å². The molecule has 1 heterocycles. The van der Waals surface area contributed by atoms with Crippen LogP contribution >= 0.6 is 50.5 Å². The molecule has 0 unspecified atom stereocenters. The highest BCUT2D eigenvalue weighted by Gasteiger charge is 2.20. The number of carbonyl (C=O) groups is 1. The maximum absolute atomic E-state index is 12.3. The zero-order chi connectivity index (χ0) is 19.3. The number of amides is 1. The molecule has 0 aliphatic carbocycles. The Labute approximate surface area is 177 Å². The van der Waals surface area contributed by atoms with Crippen molar-refractivity contribution in [3.05, 3.63) is 54.6 Å². The van der Waals surface area contributed by atoms with Crippen LogP contribution in [0, 0.1) is 5.41 Å². The maximum atomic E-state index is 12.3. The molecule has 2 aromatic rings. The van der Waals surface area contributed by atoms with Gasteiger partial charge >= 0.3 is 0 Å². The number of nitrogens with zero attached hydrogens (tertiary/aromatic N) is 1. The van der Waals surface area contributed by atoms with E-state index in [9.17, 15) is 4.79 Å². The average molecular weight is 478 g/mol. The predicted molar refractivity (Wildman–Crippen MR) is 116 cm³/mol. The van der Waals surface area contributed by atoms with Crippen LogP contribution in [0.4, 0.5) is 0 Å². The molecule has 7 heteroatoms. The second-order valence-corrected chi connectivity index (χ2v) is 9.71. The van der Waals surface area contributed by atoms with Crippen LogP contribution in [0.2, 0.25) is 10.0 Å². The lowest BCUT2D eigenvalue weighted by Crippen LogP contribution is -2.36. The van der Waals surface area contributed by atoms with Gasteiger partial charge in [-0.2, -0.15) is 11.3 Å². The van der Waals surface area contributed by atoms with E-state index in [-0.39, 0.29) is 11.3 Å². The standard InChI is InChI=1S/C19H23BrCl2N2OS/c1-19(2,4-5-24(3)9-14-10-26-11-17(14)20)12-23-18(25)13-6-15(21)8-16(22)7-13/h6-8,10-11H,4-5,9,12H2,1-3H3,(H,23,25).